The van der Waals surface area contributed by atoms with Gasteiger partial charge < -0.3 is 20.6 Å². The van der Waals surface area contributed by atoms with Crippen LogP contribution in [-0.2, 0) is 19.2 Å². The highest BCUT2D eigenvalue weighted by molar-refractivity contribution is 5.93. The smallest absolute Gasteiger partial charge is 0.433 e. The van der Waals surface area contributed by atoms with Crippen molar-refractivity contribution in [2.75, 3.05) is 13.1 Å². The molecule has 0 aromatic carbocycles. The highest BCUT2D eigenvalue weighted by Gasteiger charge is 2.53. The van der Waals surface area contributed by atoms with Gasteiger partial charge in [-0.15, -0.1) is 0 Å². The predicted molar refractivity (Wildman–Crippen MR) is 98.5 cm³/mol. The van der Waals surface area contributed by atoms with Crippen LogP contribution in [0.15, 0.2) is 0 Å². The number of piperazine rings is 1. The maximum absolute atomic E-state index is 13.1. The van der Waals surface area contributed by atoms with Gasteiger partial charge in [0.1, 0.15) is 6.04 Å². The molecule has 0 aliphatic carbocycles. The van der Waals surface area contributed by atoms with Crippen LogP contribution in [0.3, 0.4) is 0 Å². The molecule has 2 heterocycles. The Balaban J connectivity index is 2.39. The molecule has 0 bridgehead atoms. The number of carboxylic acid groups (broad SMARTS) is 1. The number of carbonyl (C=O) groups excluding carboxylic acids is 3. The zero-order valence-electron chi connectivity index (χ0n) is 16.8. The Labute approximate surface area is 164 Å². The Kier molecular flexibility index (Phi) is 6.87. The maximum atomic E-state index is 13.1. The highest BCUT2D eigenvalue weighted by atomic mass is 16.7. The Bertz CT molecular complexity index is 638. The molecule has 0 spiro atoms. The number of hydroxylamine groups is 2. The van der Waals surface area contributed by atoms with Crippen LogP contribution in [0.4, 0.5) is 4.79 Å². The van der Waals surface area contributed by atoms with Gasteiger partial charge in [0.25, 0.3) is 5.91 Å². The number of fused-ring (bicyclic) bond motifs is 1. The summed E-state index contributed by atoms with van der Waals surface area (Å²) in [5.41, 5.74) is 5.18. The van der Waals surface area contributed by atoms with E-state index in [-0.39, 0.29) is 18.4 Å². The molecule has 1 unspecified atom stereocenters. The van der Waals surface area contributed by atoms with Crippen LogP contribution in [0.1, 0.15) is 47.0 Å². The number of amides is 4. The molecule has 3 N–H and O–H groups in total. The molecule has 0 aromatic heterocycles. The summed E-state index contributed by atoms with van der Waals surface area (Å²) in [6, 6.07) is -0.806. The lowest BCUT2D eigenvalue weighted by Crippen LogP contribution is -2.73. The van der Waals surface area contributed by atoms with E-state index < -0.39 is 42.6 Å². The van der Waals surface area contributed by atoms with Gasteiger partial charge in [-0.2, -0.15) is 5.06 Å². The van der Waals surface area contributed by atoms with Gasteiger partial charge in [0.05, 0.1) is 13.0 Å². The topological polar surface area (TPSA) is 133 Å². The largest absolute Gasteiger partial charge is 0.463 e. The minimum Gasteiger partial charge on any atom is -0.463 e. The van der Waals surface area contributed by atoms with E-state index >= 15 is 0 Å². The molecule has 0 aromatic rings. The molecule has 2 fully saturated rings. The van der Waals surface area contributed by atoms with Gasteiger partial charge in [-0.1, -0.05) is 27.7 Å². The first-order chi connectivity index (χ1) is 13.0. The van der Waals surface area contributed by atoms with Crippen LogP contribution >= 0.6 is 0 Å². The molecule has 158 valence electrons. The van der Waals surface area contributed by atoms with E-state index in [2.05, 4.69) is 0 Å². The van der Waals surface area contributed by atoms with Crippen LogP contribution in [0, 0.1) is 11.8 Å². The number of primary amides is 1. The summed E-state index contributed by atoms with van der Waals surface area (Å²) in [4.78, 5) is 57.4. The van der Waals surface area contributed by atoms with Crippen molar-refractivity contribution in [1.29, 1.82) is 0 Å². The van der Waals surface area contributed by atoms with Gasteiger partial charge >= 0.3 is 6.09 Å². The third-order valence-electron chi connectivity index (χ3n) is 4.92. The van der Waals surface area contributed by atoms with Crippen molar-refractivity contribution < 1.29 is 29.1 Å². The van der Waals surface area contributed by atoms with Gasteiger partial charge in [0.15, 0.2) is 12.3 Å². The molecular weight excluding hydrogens is 368 g/mol. The van der Waals surface area contributed by atoms with Crippen molar-refractivity contribution in [3.8, 4) is 0 Å². The number of rotatable bonds is 7. The molecule has 2 saturated heterocycles. The maximum Gasteiger partial charge on any atom is 0.433 e. The van der Waals surface area contributed by atoms with E-state index in [0.29, 0.717) is 23.9 Å². The number of hydrogen-bond donors (Lipinski definition) is 2. The zero-order valence-corrected chi connectivity index (χ0v) is 16.8. The molecule has 4 amide bonds. The lowest BCUT2D eigenvalue weighted by molar-refractivity contribution is -0.265. The van der Waals surface area contributed by atoms with E-state index in [1.165, 1.54) is 4.90 Å². The monoisotopic (exact) mass is 398 g/mol. The van der Waals surface area contributed by atoms with Crippen LogP contribution in [0.2, 0.25) is 0 Å². The second-order valence-electron chi connectivity index (χ2n) is 8.21. The van der Waals surface area contributed by atoms with E-state index in [1.54, 1.807) is 4.90 Å². The minimum absolute atomic E-state index is 0.0292. The van der Waals surface area contributed by atoms with E-state index in [4.69, 9.17) is 10.6 Å². The standard InChI is InChI=1S/C18H30N4O6/c1-10(2)5-6-20-9-15-21(12(16(20)24)7-11(3)4)17(25)13(8-14(19)23)28-22(15)18(26)27/h10-13,15H,5-9H2,1-4H3,(H2,19,23)(H,26,27)/t12-,13+,15?/m0/s1. The molecule has 2 rings (SSSR count). The quantitative estimate of drug-likeness (QED) is 0.645. The number of carbonyl (C=O) groups is 4. The Hall–Kier alpha value is -2.36. The van der Waals surface area contributed by atoms with Gasteiger partial charge in [-0.3, -0.25) is 19.2 Å². The average molecular weight is 398 g/mol. The average Bonchev–Trinajstić information content (AvgIpc) is 2.56. The van der Waals surface area contributed by atoms with E-state index in [9.17, 15) is 24.3 Å². The van der Waals surface area contributed by atoms with Crippen LogP contribution < -0.4 is 5.73 Å². The van der Waals surface area contributed by atoms with Gasteiger partial charge in [0.2, 0.25) is 11.8 Å². The number of hydrogen-bond acceptors (Lipinski definition) is 5. The summed E-state index contributed by atoms with van der Waals surface area (Å²) < 4.78 is 0. The molecule has 3 atom stereocenters. The molecular formula is C18H30N4O6. The summed E-state index contributed by atoms with van der Waals surface area (Å²) in [6.45, 7) is 8.44. The first kappa shape index (κ1) is 21.9. The SMILES string of the molecule is CC(C)CCN1CC2N(C(=O)O)O[C@H](CC(N)=O)C(=O)N2[C@@H](CC(C)C)C1=O. The van der Waals surface area contributed by atoms with Crippen molar-refractivity contribution in [3.63, 3.8) is 0 Å². The predicted octanol–water partition coefficient (Wildman–Crippen LogP) is 0.613. The van der Waals surface area contributed by atoms with Crippen LogP contribution in [-0.4, -0.2) is 75.2 Å². The summed E-state index contributed by atoms with van der Waals surface area (Å²) in [5.74, 6) is -1.10. The Morgan fingerprint density at radius 3 is 2.32 bits per heavy atom. The summed E-state index contributed by atoms with van der Waals surface area (Å²) in [6.07, 6.45) is -3.00. The van der Waals surface area contributed by atoms with Gasteiger partial charge in [-0.25, -0.2) is 4.79 Å². The Morgan fingerprint density at radius 2 is 1.82 bits per heavy atom. The van der Waals surface area contributed by atoms with E-state index in [1.807, 2.05) is 27.7 Å². The molecule has 28 heavy (non-hydrogen) atoms. The number of nitrogens with zero attached hydrogens (tertiary/aromatic N) is 3. The summed E-state index contributed by atoms with van der Waals surface area (Å²) >= 11 is 0. The molecule has 0 saturated carbocycles. The van der Waals surface area contributed by atoms with Crippen molar-refractivity contribution in [3.05, 3.63) is 0 Å². The summed E-state index contributed by atoms with van der Waals surface area (Å²) in [7, 11) is 0. The van der Waals surface area contributed by atoms with Crippen molar-refractivity contribution >= 4 is 23.8 Å². The lowest BCUT2D eigenvalue weighted by Gasteiger charge is -2.52. The molecule has 2 aliphatic rings. The molecule has 10 nitrogen and oxygen atoms in total. The van der Waals surface area contributed by atoms with Crippen LogP contribution in [0.5, 0.6) is 0 Å². The van der Waals surface area contributed by atoms with Crippen LogP contribution in [0.25, 0.3) is 0 Å². The fourth-order valence-corrected chi connectivity index (χ4v) is 3.58. The van der Waals surface area contributed by atoms with Crippen molar-refractivity contribution in [1.82, 2.24) is 14.9 Å². The highest BCUT2D eigenvalue weighted by Crippen LogP contribution is 2.31. The first-order valence-electron chi connectivity index (χ1n) is 9.61. The second kappa shape index (κ2) is 8.76. The van der Waals surface area contributed by atoms with Crippen molar-refractivity contribution in [2.45, 2.75) is 65.3 Å². The van der Waals surface area contributed by atoms with Gasteiger partial charge in [0, 0.05) is 6.54 Å². The summed E-state index contributed by atoms with van der Waals surface area (Å²) in [5, 5.41) is 10.3. The number of nitrogens with two attached hydrogens (primary N) is 1. The lowest BCUT2D eigenvalue weighted by atomic mass is 9.96. The fraction of sp³-hybridized carbons (Fsp3) is 0.778. The molecule has 2 aliphatic heterocycles. The minimum atomic E-state index is -1.39. The molecule has 0 radical (unpaired) electrons. The van der Waals surface area contributed by atoms with Crippen molar-refractivity contribution in [2.24, 2.45) is 17.6 Å². The first-order valence-corrected chi connectivity index (χ1v) is 9.61. The third kappa shape index (κ3) is 4.73. The molecule has 10 heteroatoms. The normalized spacial score (nSPS) is 25.5. The zero-order chi connectivity index (χ0) is 21.2. The van der Waals surface area contributed by atoms with Gasteiger partial charge in [-0.05, 0) is 24.7 Å². The third-order valence-corrected chi connectivity index (χ3v) is 4.92. The fourth-order valence-electron chi connectivity index (χ4n) is 3.58. The second-order valence-corrected chi connectivity index (χ2v) is 8.21. The Morgan fingerprint density at radius 1 is 1.18 bits per heavy atom. The van der Waals surface area contributed by atoms with E-state index in [0.717, 1.165) is 6.42 Å².